The Kier molecular flexibility index (Phi) is 7.14. The van der Waals surface area contributed by atoms with Gasteiger partial charge in [-0.1, -0.05) is 0 Å². The highest BCUT2D eigenvalue weighted by Gasteiger charge is 2.27. The van der Waals surface area contributed by atoms with Crippen LogP contribution in [0.3, 0.4) is 0 Å². The van der Waals surface area contributed by atoms with Crippen LogP contribution in [0.4, 0.5) is 10.2 Å². The molecule has 0 unspecified atom stereocenters. The van der Waals surface area contributed by atoms with Crippen LogP contribution in [-0.4, -0.2) is 53.5 Å². The molecule has 2 aliphatic heterocycles. The fourth-order valence-corrected chi connectivity index (χ4v) is 5.21. The molecule has 10 heteroatoms. The average Bonchev–Trinajstić information content (AvgIpc) is 2.87. The summed E-state index contributed by atoms with van der Waals surface area (Å²) in [6.07, 6.45) is 1.95. The summed E-state index contributed by atoms with van der Waals surface area (Å²) in [6, 6.07) is 10.7. The minimum Gasteiger partial charge on any atom is -0.481 e. The number of pyridine rings is 2. The smallest absolute Gasteiger partial charge is 0.235 e. The number of carbonyl (C=O) groups excluding carboxylic acids is 1. The van der Waals surface area contributed by atoms with Crippen molar-refractivity contribution in [3.05, 3.63) is 53.5 Å². The van der Waals surface area contributed by atoms with Crippen LogP contribution in [0.1, 0.15) is 24.1 Å². The zero-order valence-corrected chi connectivity index (χ0v) is 20.2. The summed E-state index contributed by atoms with van der Waals surface area (Å²) < 4.78 is 25.9. The van der Waals surface area contributed by atoms with Crippen LogP contribution in [0.25, 0.3) is 10.9 Å². The molecule has 2 aliphatic rings. The molecule has 0 saturated carbocycles. The van der Waals surface area contributed by atoms with Crippen LogP contribution in [0.2, 0.25) is 0 Å². The first-order valence-electron chi connectivity index (χ1n) is 11.6. The van der Waals surface area contributed by atoms with Crippen molar-refractivity contribution < 1.29 is 18.7 Å². The van der Waals surface area contributed by atoms with Gasteiger partial charge in [0.05, 0.1) is 41.7 Å². The molecule has 5 rings (SSSR count). The lowest BCUT2D eigenvalue weighted by atomic mass is 9.94. The normalized spacial score (nSPS) is 20.8. The fourth-order valence-electron chi connectivity index (χ4n) is 4.45. The first kappa shape index (κ1) is 23.9. The number of ether oxygens (including phenoxy) is 2. The van der Waals surface area contributed by atoms with Crippen LogP contribution < -0.4 is 21.1 Å². The Morgan fingerprint density at radius 1 is 1.29 bits per heavy atom. The highest BCUT2D eigenvalue weighted by molar-refractivity contribution is 8.00. The molecule has 4 N–H and O–H groups in total. The van der Waals surface area contributed by atoms with Gasteiger partial charge in [-0.05, 0) is 49.1 Å². The molecule has 2 aromatic heterocycles. The third-order valence-corrected chi connectivity index (χ3v) is 7.44. The van der Waals surface area contributed by atoms with E-state index in [4.69, 9.17) is 15.2 Å². The maximum absolute atomic E-state index is 14.7. The largest absolute Gasteiger partial charge is 0.481 e. The number of aromatic nitrogens is 2. The van der Waals surface area contributed by atoms with Gasteiger partial charge in [0.15, 0.2) is 0 Å². The highest BCUT2D eigenvalue weighted by atomic mass is 32.2. The molecule has 1 amide bonds. The molecule has 4 heterocycles. The summed E-state index contributed by atoms with van der Waals surface area (Å²) in [5.74, 6) is 1.16. The van der Waals surface area contributed by atoms with Gasteiger partial charge >= 0.3 is 0 Å². The topological polar surface area (TPSA) is 111 Å². The van der Waals surface area contributed by atoms with Crippen LogP contribution in [0.15, 0.2) is 41.3 Å². The van der Waals surface area contributed by atoms with Crippen molar-refractivity contribution in [2.24, 2.45) is 5.73 Å². The third-order valence-electron chi connectivity index (χ3n) is 6.39. The number of anilines is 1. The first-order chi connectivity index (χ1) is 17.0. The number of carbonyl (C=O) groups is 1. The number of hydrogen-bond donors (Lipinski definition) is 3. The molecule has 1 aromatic carbocycles. The van der Waals surface area contributed by atoms with Crippen molar-refractivity contribution in [2.45, 2.75) is 48.9 Å². The van der Waals surface area contributed by atoms with E-state index in [1.165, 1.54) is 24.9 Å². The van der Waals surface area contributed by atoms with E-state index in [1.807, 2.05) is 18.2 Å². The van der Waals surface area contributed by atoms with Crippen molar-refractivity contribution in [3.8, 4) is 5.88 Å². The Morgan fingerprint density at radius 2 is 2.17 bits per heavy atom. The highest BCUT2D eigenvalue weighted by Crippen LogP contribution is 2.30. The number of amides is 1. The van der Waals surface area contributed by atoms with Crippen molar-refractivity contribution in [3.63, 3.8) is 0 Å². The second kappa shape index (κ2) is 10.4. The molecule has 0 radical (unpaired) electrons. The first-order valence-corrected chi connectivity index (χ1v) is 12.6. The molecule has 184 valence electrons. The maximum Gasteiger partial charge on any atom is 0.235 e. The second-order valence-electron chi connectivity index (χ2n) is 8.87. The molecule has 0 aliphatic carbocycles. The van der Waals surface area contributed by atoms with E-state index < -0.39 is 0 Å². The Hall–Kier alpha value is -2.79. The lowest BCUT2D eigenvalue weighted by Gasteiger charge is -2.33. The summed E-state index contributed by atoms with van der Waals surface area (Å²) >= 11 is 1.50. The molecule has 8 nitrogen and oxygen atoms in total. The molecule has 3 atom stereocenters. The number of methoxy groups -OCH3 is 1. The number of rotatable bonds is 7. The fraction of sp³-hybridized carbons (Fsp3) is 0.400. The van der Waals surface area contributed by atoms with E-state index in [0.29, 0.717) is 48.1 Å². The predicted octanol–water partition coefficient (Wildman–Crippen LogP) is 3.03. The van der Waals surface area contributed by atoms with Crippen LogP contribution in [0.5, 0.6) is 5.88 Å². The van der Waals surface area contributed by atoms with Gasteiger partial charge in [0.25, 0.3) is 0 Å². The van der Waals surface area contributed by atoms with Crippen molar-refractivity contribution in [1.29, 1.82) is 0 Å². The van der Waals surface area contributed by atoms with E-state index in [2.05, 4.69) is 20.6 Å². The number of halogens is 1. The van der Waals surface area contributed by atoms with Gasteiger partial charge in [0.1, 0.15) is 11.6 Å². The number of hydrogen-bond acceptors (Lipinski definition) is 8. The molecule has 0 spiro atoms. The van der Waals surface area contributed by atoms with Gasteiger partial charge in [-0.25, -0.2) is 14.4 Å². The van der Waals surface area contributed by atoms with E-state index in [-0.39, 0.29) is 29.9 Å². The zero-order chi connectivity index (χ0) is 24.4. The Bertz CT molecular complexity index is 1240. The molecular formula is C25H28FN5O3S. The molecule has 1 saturated heterocycles. The minimum absolute atomic E-state index is 0.0244. The number of nitrogens with zero attached hydrogens (tertiary/aromatic N) is 2. The van der Waals surface area contributed by atoms with Gasteiger partial charge in [-0.3, -0.25) is 4.79 Å². The van der Waals surface area contributed by atoms with E-state index in [1.54, 1.807) is 12.1 Å². The molecule has 0 bridgehead atoms. The standard InChI is InChI=1S/C25H28FN5O3S/c1-33-24-7-2-14-8-15(18(26)10-20(14)30-24)9-19(27)21-5-3-17(12-34-21)28-11-16-4-6-22-25(29-16)31-23(32)13-35-22/h2,4,6-8,10,17,19,21,28H,3,5,9,11-13,27H2,1H3,(H,29,31,32)/t17-,19-,21+/m1/s1. The summed E-state index contributed by atoms with van der Waals surface area (Å²) in [4.78, 5) is 21.4. The SMILES string of the molecule is COc1ccc2cc(C[C@@H](N)[C@@H]3CC[C@@H](NCc4ccc5c(n4)NC(=O)CS5)CO3)c(F)cc2n1. The Balaban J connectivity index is 1.13. The lowest BCUT2D eigenvalue weighted by molar-refractivity contribution is -0.113. The number of fused-ring (bicyclic) bond motifs is 2. The molecular weight excluding hydrogens is 469 g/mol. The summed E-state index contributed by atoms with van der Waals surface area (Å²) in [5.41, 5.74) is 8.41. The van der Waals surface area contributed by atoms with Crippen LogP contribution in [0, 0.1) is 5.82 Å². The number of nitrogens with one attached hydrogen (secondary N) is 2. The average molecular weight is 498 g/mol. The minimum atomic E-state index is -0.323. The number of thioether (sulfide) groups is 1. The summed E-state index contributed by atoms with van der Waals surface area (Å²) in [5, 5.41) is 7.15. The number of benzene rings is 1. The zero-order valence-electron chi connectivity index (χ0n) is 19.4. The van der Waals surface area contributed by atoms with Gasteiger partial charge in [0, 0.05) is 36.1 Å². The molecule has 1 fully saturated rings. The van der Waals surface area contributed by atoms with E-state index in [0.717, 1.165) is 28.8 Å². The molecule has 3 aromatic rings. The lowest BCUT2D eigenvalue weighted by Crippen LogP contribution is -2.47. The van der Waals surface area contributed by atoms with Crippen molar-refractivity contribution in [1.82, 2.24) is 15.3 Å². The van der Waals surface area contributed by atoms with E-state index in [9.17, 15) is 9.18 Å². The summed E-state index contributed by atoms with van der Waals surface area (Å²) in [7, 11) is 1.53. The van der Waals surface area contributed by atoms with Crippen molar-refractivity contribution >= 4 is 34.4 Å². The van der Waals surface area contributed by atoms with Gasteiger partial charge in [-0.2, -0.15) is 0 Å². The predicted molar refractivity (Wildman–Crippen MR) is 133 cm³/mol. The Morgan fingerprint density at radius 3 is 2.97 bits per heavy atom. The second-order valence-corrected chi connectivity index (χ2v) is 9.89. The quantitative estimate of drug-likeness (QED) is 0.457. The van der Waals surface area contributed by atoms with Gasteiger partial charge in [0.2, 0.25) is 11.8 Å². The Labute approximate surface area is 207 Å². The van der Waals surface area contributed by atoms with Crippen molar-refractivity contribution in [2.75, 3.05) is 24.8 Å². The third kappa shape index (κ3) is 5.56. The van der Waals surface area contributed by atoms with Gasteiger partial charge < -0.3 is 25.8 Å². The summed E-state index contributed by atoms with van der Waals surface area (Å²) in [6.45, 7) is 1.11. The van der Waals surface area contributed by atoms with Crippen LogP contribution >= 0.6 is 11.8 Å². The van der Waals surface area contributed by atoms with Crippen LogP contribution in [-0.2, 0) is 22.5 Å². The number of nitrogens with two attached hydrogens (primary N) is 1. The molecule has 35 heavy (non-hydrogen) atoms. The monoisotopic (exact) mass is 497 g/mol. The maximum atomic E-state index is 14.7. The van der Waals surface area contributed by atoms with Gasteiger partial charge in [-0.15, -0.1) is 11.8 Å². The van der Waals surface area contributed by atoms with E-state index >= 15 is 0 Å².